The highest BCUT2D eigenvalue weighted by molar-refractivity contribution is 6.31. The molecule has 0 aliphatic carbocycles. The lowest BCUT2D eigenvalue weighted by Crippen LogP contribution is -2.45. The van der Waals surface area contributed by atoms with Crippen LogP contribution < -0.4 is 10.2 Å². The highest BCUT2D eigenvalue weighted by atomic mass is 35.5. The van der Waals surface area contributed by atoms with Crippen LogP contribution in [-0.4, -0.2) is 59.6 Å². The molecule has 156 valence electrons. The van der Waals surface area contributed by atoms with Crippen molar-refractivity contribution >= 4 is 40.0 Å². The van der Waals surface area contributed by atoms with E-state index in [1.807, 2.05) is 18.2 Å². The number of benzene rings is 2. The van der Waals surface area contributed by atoms with Gasteiger partial charge < -0.3 is 15.1 Å². The molecule has 0 spiro atoms. The van der Waals surface area contributed by atoms with E-state index in [1.165, 1.54) is 12.1 Å². The molecule has 9 heteroatoms. The number of non-ortho nitro benzene ring substituents is 1. The van der Waals surface area contributed by atoms with Crippen molar-refractivity contribution in [2.24, 2.45) is 0 Å². The zero-order valence-electron chi connectivity index (χ0n) is 16.7. The highest BCUT2D eigenvalue weighted by Gasteiger charge is 2.18. The van der Waals surface area contributed by atoms with Crippen LogP contribution in [0, 0.1) is 10.1 Å². The second kappa shape index (κ2) is 8.81. The predicted octanol–water partition coefficient (Wildman–Crippen LogP) is 3.60. The van der Waals surface area contributed by atoms with E-state index in [1.54, 1.807) is 12.1 Å². The number of rotatable bonds is 6. The Hall–Kier alpha value is -2.97. The molecular weight excluding hydrogens is 404 g/mol. The average molecular weight is 427 g/mol. The summed E-state index contributed by atoms with van der Waals surface area (Å²) >= 11 is 6.21. The van der Waals surface area contributed by atoms with Crippen molar-refractivity contribution in [1.29, 1.82) is 0 Å². The van der Waals surface area contributed by atoms with E-state index in [0.717, 1.165) is 54.4 Å². The van der Waals surface area contributed by atoms with Gasteiger partial charge in [0, 0.05) is 55.3 Å². The third-order valence-corrected chi connectivity index (χ3v) is 5.52. The molecule has 2 aromatic carbocycles. The van der Waals surface area contributed by atoms with Gasteiger partial charge in [-0.05, 0) is 37.2 Å². The molecule has 1 aliphatic rings. The first kappa shape index (κ1) is 20.3. The van der Waals surface area contributed by atoms with Crippen LogP contribution >= 0.6 is 11.6 Å². The van der Waals surface area contributed by atoms with Gasteiger partial charge in [0.25, 0.3) is 5.69 Å². The lowest BCUT2D eigenvalue weighted by atomic mass is 10.1. The van der Waals surface area contributed by atoms with Crippen LogP contribution in [0.5, 0.6) is 0 Å². The first-order valence-electron chi connectivity index (χ1n) is 9.87. The normalized spacial score (nSPS) is 14.8. The summed E-state index contributed by atoms with van der Waals surface area (Å²) in [4.78, 5) is 24.5. The summed E-state index contributed by atoms with van der Waals surface area (Å²) in [5, 5.41) is 15.7. The standard InChI is InChI=1S/C21H23ClN6O2/c1-26-10-12-27(13-11-26)21-24-19-7-4-16(22)14-18(19)20(25-21)23-9-8-15-2-5-17(6-3-15)28(29)30/h2-7,14H,8-13H2,1H3,(H,23,24,25). The Kier molecular flexibility index (Phi) is 5.96. The first-order chi connectivity index (χ1) is 14.5. The maximum Gasteiger partial charge on any atom is 0.269 e. The van der Waals surface area contributed by atoms with Crippen LogP contribution in [0.1, 0.15) is 5.56 Å². The van der Waals surface area contributed by atoms with Crippen molar-refractivity contribution in [1.82, 2.24) is 14.9 Å². The van der Waals surface area contributed by atoms with E-state index in [-0.39, 0.29) is 5.69 Å². The molecule has 1 N–H and O–H groups in total. The fraction of sp³-hybridized carbons (Fsp3) is 0.333. The molecule has 2 heterocycles. The summed E-state index contributed by atoms with van der Waals surface area (Å²) in [5.74, 6) is 1.47. The van der Waals surface area contributed by atoms with Crippen LogP contribution in [0.25, 0.3) is 10.9 Å². The summed E-state index contributed by atoms with van der Waals surface area (Å²) in [5.41, 5.74) is 1.96. The minimum Gasteiger partial charge on any atom is -0.369 e. The fourth-order valence-electron chi connectivity index (χ4n) is 3.48. The maximum absolute atomic E-state index is 10.8. The van der Waals surface area contributed by atoms with Gasteiger partial charge in [-0.3, -0.25) is 10.1 Å². The van der Waals surface area contributed by atoms with E-state index in [4.69, 9.17) is 21.6 Å². The largest absolute Gasteiger partial charge is 0.369 e. The van der Waals surface area contributed by atoms with E-state index >= 15 is 0 Å². The molecule has 8 nitrogen and oxygen atoms in total. The Bertz CT molecular complexity index is 1050. The van der Waals surface area contributed by atoms with Gasteiger partial charge in [0.1, 0.15) is 5.82 Å². The van der Waals surface area contributed by atoms with Gasteiger partial charge in [0.15, 0.2) is 0 Å². The van der Waals surface area contributed by atoms with Crippen LogP contribution in [0.4, 0.5) is 17.5 Å². The Morgan fingerprint density at radius 3 is 2.53 bits per heavy atom. The molecule has 0 saturated carbocycles. The van der Waals surface area contributed by atoms with Crippen LogP contribution in [-0.2, 0) is 6.42 Å². The van der Waals surface area contributed by atoms with E-state index in [9.17, 15) is 10.1 Å². The summed E-state index contributed by atoms with van der Waals surface area (Å²) < 4.78 is 0. The van der Waals surface area contributed by atoms with Gasteiger partial charge >= 0.3 is 0 Å². The number of likely N-dealkylation sites (N-methyl/N-ethyl adjacent to an activating group) is 1. The quantitative estimate of drug-likeness (QED) is 0.476. The van der Waals surface area contributed by atoms with E-state index in [0.29, 0.717) is 18.0 Å². The Balaban J connectivity index is 1.53. The second-order valence-electron chi connectivity index (χ2n) is 7.42. The number of piperazine rings is 1. The maximum atomic E-state index is 10.8. The third kappa shape index (κ3) is 4.60. The molecule has 0 unspecified atom stereocenters. The molecule has 0 amide bonds. The Labute approximate surface area is 179 Å². The highest BCUT2D eigenvalue weighted by Crippen LogP contribution is 2.27. The van der Waals surface area contributed by atoms with E-state index < -0.39 is 4.92 Å². The molecule has 1 saturated heterocycles. The van der Waals surface area contributed by atoms with Crippen molar-refractivity contribution in [2.75, 3.05) is 50.0 Å². The number of anilines is 2. The van der Waals surface area contributed by atoms with Gasteiger partial charge in [-0.25, -0.2) is 4.98 Å². The lowest BCUT2D eigenvalue weighted by Gasteiger charge is -2.32. The SMILES string of the molecule is CN1CCN(c2nc(NCCc3ccc([N+](=O)[O-])cc3)c3cc(Cl)ccc3n2)CC1. The molecule has 1 aliphatic heterocycles. The second-order valence-corrected chi connectivity index (χ2v) is 7.86. The fourth-order valence-corrected chi connectivity index (χ4v) is 3.65. The average Bonchev–Trinajstić information content (AvgIpc) is 2.74. The molecule has 0 bridgehead atoms. The van der Waals surface area contributed by atoms with Crippen molar-refractivity contribution in [3.63, 3.8) is 0 Å². The van der Waals surface area contributed by atoms with Crippen LogP contribution in [0.15, 0.2) is 42.5 Å². The Morgan fingerprint density at radius 1 is 1.10 bits per heavy atom. The number of aromatic nitrogens is 2. The number of nitro benzene ring substituents is 1. The zero-order chi connectivity index (χ0) is 21.1. The predicted molar refractivity (Wildman–Crippen MR) is 120 cm³/mol. The number of nitro groups is 1. The molecular formula is C21H23ClN6O2. The van der Waals surface area contributed by atoms with Gasteiger partial charge in [-0.2, -0.15) is 4.98 Å². The van der Waals surface area contributed by atoms with Crippen LogP contribution in [0.3, 0.4) is 0 Å². The summed E-state index contributed by atoms with van der Waals surface area (Å²) in [6, 6.07) is 12.3. The molecule has 0 atom stereocenters. The van der Waals surface area contributed by atoms with Crippen LogP contribution in [0.2, 0.25) is 5.02 Å². The Morgan fingerprint density at radius 2 is 1.83 bits per heavy atom. The number of nitrogens with one attached hydrogen (secondary N) is 1. The monoisotopic (exact) mass is 426 g/mol. The molecule has 1 fully saturated rings. The van der Waals surface area contributed by atoms with Gasteiger partial charge in [0.2, 0.25) is 5.95 Å². The van der Waals surface area contributed by atoms with Gasteiger partial charge in [0.05, 0.1) is 10.4 Å². The zero-order valence-corrected chi connectivity index (χ0v) is 17.5. The van der Waals surface area contributed by atoms with Crippen molar-refractivity contribution in [3.8, 4) is 0 Å². The lowest BCUT2D eigenvalue weighted by molar-refractivity contribution is -0.384. The summed E-state index contributed by atoms with van der Waals surface area (Å²) in [6.07, 6.45) is 0.716. The third-order valence-electron chi connectivity index (χ3n) is 5.29. The topological polar surface area (TPSA) is 87.4 Å². The molecule has 1 aromatic heterocycles. The number of hydrogen-bond acceptors (Lipinski definition) is 7. The summed E-state index contributed by atoms with van der Waals surface area (Å²) in [7, 11) is 2.12. The van der Waals surface area contributed by atoms with Crippen molar-refractivity contribution in [3.05, 3.63) is 63.2 Å². The first-order valence-corrected chi connectivity index (χ1v) is 10.3. The molecule has 30 heavy (non-hydrogen) atoms. The summed E-state index contributed by atoms with van der Waals surface area (Å²) in [6.45, 7) is 4.37. The van der Waals surface area contributed by atoms with Crippen molar-refractivity contribution < 1.29 is 4.92 Å². The molecule has 3 aromatic rings. The minimum atomic E-state index is -0.390. The number of hydrogen-bond donors (Lipinski definition) is 1. The van der Waals surface area contributed by atoms with Gasteiger partial charge in [-0.1, -0.05) is 23.7 Å². The number of nitrogens with zero attached hydrogens (tertiary/aromatic N) is 5. The minimum absolute atomic E-state index is 0.0972. The van der Waals surface area contributed by atoms with Crippen molar-refractivity contribution in [2.45, 2.75) is 6.42 Å². The molecule has 0 radical (unpaired) electrons. The number of halogens is 1. The smallest absolute Gasteiger partial charge is 0.269 e. The van der Waals surface area contributed by atoms with E-state index in [2.05, 4.69) is 22.2 Å². The molecule has 4 rings (SSSR count). The number of fused-ring (bicyclic) bond motifs is 1. The van der Waals surface area contributed by atoms with Gasteiger partial charge in [-0.15, -0.1) is 0 Å².